The van der Waals surface area contributed by atoms with Gasteiger partial charge in [0.05, 0.1) is 16.4 Å². The van der Waals surface area contributed by atoms with Gasteiger partial charge in [-0.3, -0.25) is 15.6 Å². The Bertz CT molecular complexity index is 1130. The van der Waals surface area contributed by atoms with Crippen molar-refractivity contribution in [3.63, 3.8) is 0 Å². The molecule has 0 aliphatic heterocycles. The minimum atomic E-state index is -0.709. The first-order chi connectivity index (χ1) is 14.0. The number of para-hydroxylation sites is 1. The van der Waals surface area contributed by atoms with Gasteiger partial charge in [0.25, 0.3) is 5.91 Å². The summed E-state index contributed by atoms with van der Waals surface area (Å²) in [7, 11) is 0. The molecule has 1 saturated carbocycles. The van der Waals surface area contributed by atoms with E-state index in [1.165, 1.54) is 16.8 Å². The smallest absolute Gasteiger partial charge is 0.290 e. The summed E-state index contributed by atoms with van der Waals surface area (Å²) < 4.78 is 29.3. The Kier molecular flexibility index (Phi) is 4.28. The van der Waals surface area contributed by atoms with Crippen molar-refractivity contribution >= 4 is 23.2 Å². The summed E-state index contributed by atoms with van der Waals surface area (Å²) in [5.41, 5.74) is 8.13. The number of hydrazine groups is 1. The Morgan fingerprint density at radius 2 is 1.93 bits per heavy atom. The maximum absolute atomic E-state index is 14.4. The van der Waals surface area contributed by atoms with Crippen LogP contribution in [0.5, 0.6) is 0 Å². The maximum atomic E-state index is 14.4. The highest BCUT2D eigenvalue weighted by Crippen LogP contribution is 2.54. The average Bonchev–Trinajstić information content (AvgIpc) is 3.40. The molecule has 2 aliphatic carbocycles. The van der Waals surface area contributed by atoms with Gasteiger partial charge in [-0.1, -0.05) is 23.7 Å². The van der Waals surface area contributed by atoms with Crippen molar-refractivity contribution in [1.82, 2.24) is 15.2 Å². The molecular formula is C21H17ClF2N4O. The average molecular weight is 415 g/mol. The summed E-state index contributed by atoms with van der Waals surface area (Å²) in [5.74, 6) is -1.33. The van der Waals surface area contributed by atoms with Gasteiger partial charge in [0, 0.05) is 17.5 Å². The zero-order valence-electron chi connectivity index (χ0n) is 15.3. The molecule has 148 valence electrons. The zero-order valence-corrected chi connectivity index (χ0v) is 16.0. The van der Waals surface area contributed by atoms with Crippen molar-refractivity contribution in [2.45, 2.75) is 31.1 Å². The van der Waals surface area contributed by atoms with Crippen molar-refractivity contribution in [3.05, 3.63) is 76.1 Å². The lowest BCUT2D eigenvalue weighted by Crippen LogP contribution is -2.30. The van der Waals surface area contributed by atoms with E-state index in [2.05, 4.69) is 16.0 Å². The predicted octanol–water partition coefficient (Wildman–Crippen LogP) is 4.93. The van der Waals surface area contributed by atoms with Gasteiger partial charge in [-0.25, -0.2) is 13.5 Å². The van der Waals surface area contributed by atoms with Crippen molar-refractivity contribution < 1.29 is 13.6 Å². The number of nitrogens with zero attached hydrogens (tertiary/aromatic N) is 2. The summed E-state index contributed by atoms with van der Waals surface area (Å²) in [6.45, 7) is 0. The number of anilines is 1. The second-order valence-electron chi connectivity index (χ2n) is 7.42. The number of carbonyl (C=O) groups excluding carboxylic acids is 1. The zero-order chi connectivity index (χ0) is 20.1. The molecule has 1 fully saturated rings. The number of aromatic nitrogens is 2. The molecule has 0 saturated heterocycles. The van der Waals surface area contributed by atoms with E-state index in [0.29, 0.717) is 10.7 Å². The van der Waals surface area contributed by atoms with Gasteiger partial charge in [-0.2, -0.15) is 5.10 Å². The van der Waals surface area contributed by atoms with Crippen LogP contribution >= 0.6 is 11.6 Å². The minimum Gasteiger partial charge on any atom is -0.297 e. The van der Waals surface area contributed by atoms with Crippen LogP contribution in [-0.2, 0) is 0 Å². The van der Waals surface area contributed by atoms with Gasteiger partial charge in [0.15, 0.2) is 11.5 Å². The number of amides is 1. The fraction of sp³-hybridized carbons (Fsp3) is 0.238. The predicted molar refractivity (Wildman–Crippen MR) is 105 cm³/mol. The van der Waals surface area contributed by atoms with E-state index in [1.54, 1.807) is 24.3 Å². The normalized spacial score (nSPS) is 19.3. The van der Waals surface area contributed by atoms with Gasteiger partial charge in [0.2, 0.25) is 0 Å². The first-order valence-electron chi connectivity index (χ1n) is 9.42. The van der Waals surface area contributed by atoms with E-state index >= 15 is 0 Å². The van der Waals surface area contributed by atoms with Crippen molar-refractivity contribution in [1.29, 1.82) is 0 Å². The molecule has 1 aromatic heterocycles. The van der Waals surface area contributed by atoms with Crippen LogP contribution in [0.3, 0.4) is 0 Å². The van der Waals surface area contributed by atoms with Crippen LogP contribution in [0.1, 0.15) is 52.8 Å². The number of nitrogens with one attached hydrogen (secondary N) is 2. The van der Waals surface area contributed by atoms with Gasteiger partial charge in [-0.15, -0.1) is 0 Å². The monoisotopic (exact) mass is 414 g/mol. The molecule has 1 heterocycles. The number of halogens is 3. The molecule has 29 heavy (non-hydrogen) atoms. The highest BCUT2D eigenvalue weighted by atomic mass is 35.5. The second kappa shape index (κ2) is 6.84. The van der Waals surface area contributed by atoms with Crippen LogP contribution in [0, 0.1) is 11.6 Å². The van der Waals surface area contributed by atoms with Crippen molar-refractivity contribution in [2.24, 2.45) is 0 Å². The summed E-state index contributed by atoms with van der Waals surface area (Å²) in [6.07, 6.45) is 2.88. The number of carbonyl (C=O) groups is 1. The van der Waals surface area contributed by atoms with Gasteiger partial charge in [0.1, 0.15) is 11.5 Å². The van der Waals surface area contributed by atoms with Crippen LogP contribution in [0.15, 0.2) is 42.5 Å². The topological polar surface area (TPSA) is 59.0 Å². The lowest BCUT2D eigenvalue weighted by Gasteiger charge is -2.14. The molecule has 2 aromatic carbocycles. The van der Waals surface area contributed by atoms with E-state index in [-0.39, 0.29) is 23.2 Å². The van der Waals surface area contributed by atoms with Gasteiger partial charge < -0.3 is 0 Å². The van der Waals surface area contributed by atoms with Crippen molar-refractivity contribution in [3.8, 4) is 5.69 Å². The SMILES string of the molecule is O=C(NNc1ccccc1Cl)c1nn(-c2ccc(F)cc2F)c2c1C1CCC2C1. The molecule has 1 amide bonds. The lowest BCUT2D eigenvalue weighted by molar-refractivity contribution is 0.0956. The first kappa shape index (κ1) is 18.1. The van der Waals surface area contributed by atoms with E-state index in [9.17, 15) is 13.6 Å². The quantitative estimate of drug-likeness (QED) is 0.595. The molecule has 0 radical (unpaired) electrons. The molecule has 8 heteroatoms. The molecule has 2 atom stereocenters. The molecule has 0 spiro atoms. The fourth-order valence-electron chi connectivity index (χ4n) is 4.48. The molecule has 5 rings (SSSR count). The summed E-state index contributed by atoms with van der Waals surface area (Å²) in [4.78, 5) is 12.9. The van der Waals surface area contributed by atoms with Gasteiger partial charge >= 0.3 is 0 Å². The van der Waals surface area contributed by atoms with E-state index in [4.69, 9.17) is 11.6 Å². The molecule has 2 N–H and O–H groups in total. The standard InChI is InChI=1S/C21H17ClF2N4O/c22-14-3-1-2-4-16(14)25-26-21(29)19-18-11-5-6-12(9-11)20(18)28(27-19)17-8-7-13(23)10-15(17)24/h1-4,7-8,10-12,25H,5-6,9H2,(H,26,29). The Morgan fingerprint density at radius 1 is 1.14 bits per heavy atom. The van der Waals surface area contributed by atoms with E-state index in [0.717, 1.165) is 36.6 Å². The number of fused-ring (bicyclic) bond motifs is 5. The van der Waals surface area contributed by atoms with Gasteiger partial charge in [-0.05, 0) is 49.4 Å². The third-order valence-corrected chi connectivity index (χ3v) is 6.05. The van der Waals surface area contributed by atoms with Crippen LogP contribution in [0.4, 0.5) is 14.5 Å². The second-order valence-corrected chi connectivity index (χ2v) is 7.83. The number of hydrogen-bond donors (Lipinski definition) is 2. The first-order valence-corrected chi connectivity index (χ1v) is 9.80. The Balaban J connectivity index is 1.52. The molecular weight excluding hydrogens is 398 g/mol. The summed E-state index contributed by atoms with van der Waals surface area (Å²) >= 11 is 6.11. The minimum absolute atomic E-state index is 0.147. The molecule has 3 aromatic rings. The maximum Gasteiger partial charge on any atom is 0.290 e. The fourth-order valence-corrected chi connectivity index (χ4v) is 4.66. The largest absolute Gasteiger partial charge is 0.297 e. The van der Waals surface area contributed by atoms with E-state index < -0.39 is 17.5 Å². The molecule has 2 aliphatic rings. The Morgan fingerprint density at radius 3 is 2.72 bits per heavy atom. The van der Waals surface area contributed by atoms with E-state index in [1.807, 2.05) is 0 Å². The summed E-state index contributed by atoms with van der Waals surface area (Å²) in [5, 5.41) is 4.91. The molecule has 2 unspecified atom stereocenters. The van der Waals surface area contributed by atoms with Crippen LogP contribution in [0.25, 0.3) is 5.69 Å². The lowest BCUT2D eigenvalue weighted by atomic mass is 9.95. The molecule has 5 nitrogen and oxygen atoms in total. The third kappa shape index (κ3) is 2.97. The molecule has 2 bridgehead atoms. The van der Waals surface area contributed by atoms with Crippen LogP contribution in [0.2, 0.25) is 5.02 Å². The van der Waals surface area contributed by atoms with Crippen molar-refractivity contribution in [2.75, 3.05) is 5.43 Å². The van der Waals surface area contributed by atoms with Crippen LogP contribution in [-0.4, -0.2) is 15.7 Å². The third-order valence-electron chi connectivity index (χ3n) is 5.72. The highest BCUT2D eigenvalue weighted by Gasteiger charge is 2.44. The Labute approximate surface area is 170 Å². The number of hydrogen-bond acceptors (Lipinski definition) is 3. The number of benzene rings is 2. The highest BCUT2D eigenvalue weighted by molar-refractivity contribution is 6.33. The van der Waals surface area contributed by atoms with Crippen LogP contribution < -0.4 is 10.9 Å². The number of rotatable bonds is 4. The Hall–Kier alpha value is -2.93. The summed E-state index contributed by atoms with van der Waals surface area (Å²) in [6, 6.07) is 10.4.